The maximum Gasteiger partial charge on any atom is 0.229 e. The Labute approximate surface area is 184 Å². The SMILES string of the molecule is CCCCCOc1ccc(NC(=O)[C@H]2CC(=O)N(c3ccc(OCCC)cc3)C2)cc1. The number of anilines is 2. The second-order valence-corrected chi connectivity index (χ2v) is 7.82. The quantitative estimate of drug-likeness (QED) is 0.514. The fraction of sp³-hybridized carbons (Fsp3) is 0.440. The number of nitrogens with one attached hydrogen (secondary N) is 1. The number of hydrogen-bond donors (Lipinski definition) is 1. The average molecular weight is 425 g/mol. The second-order valence-electron chi connectivity index (χ2n) is 7.82. The van der Waals surface area contributed by atoms with E-state index in [4.69, 9.17) is 9.47 Å². The summed E-state index contributed by atoms with van der Waals surface area (Å²) in [6.45, 7) is 5.95. The van der Waals surface area contributed by atoms with E-state index in [0.29, 0.717) is 25.4 Å². The summed E-state index contributed by atoms with van der Waals surface area (Å²) in [7, 11) is 0. The highest BCUT2D eigenvalue weighted by atomic mass is 16.5. The summed E-state index contributed by atoms with van der Waals surface area (Å²) >= 11 is 0. The van der Waals surface area contributed by atoms with E-state index in [1.165, 1.54) is 0 Å². The molecular formula is C25H32N2O4. The maximum atomic E-state index is 12.7. The van der Waals surface area contributed by atoms with Gasteiger partial charge in [-0.15, -0.1) is 0 Å². The lowest BCUT2D eigenvalue weighted by Gasteiger charge is -2.17. The van der Waals surface area contributed by atoms with Gasteiger partial charge in [0.1, 0.15) is 11.5 Å². The molecule has 3 rings (SSSR count). The van der Waals surface area contributed by atoms with Gasteiger partial charge >= 0.3 is 0 Å². The summed E-state index contributed by atoms with van der Waals surface area (Å²) in [4.78, 5) is 26.9. The summed E-state index contributed by atoms with van der Waals surface area (Å²) in [6.07, 6.45) is 4.50. The van der Waals surface area contributed by atoms with Crippen LogP contribution in [0, 0.1) is 5.92 Å². The molecule has 0 saturated carbocycles. The Morgan fingerprint density at radius 3 is 2.23 bits per heavy atom. The van der Waals surface area contributed by atoms with Crippen LogP contribution in [0.1, 0.15) is 46.0 Å². The van der Waals surface area contributed by atoms with Crippen LogP contribution in [0.25, 0.3) is 0 Å². The van der Waals surface area contributed by atoms with Crippen molar-refractivity contribution in [2.45, 2.75) is 46.0 Å². The first kappa shape index (κ1) is 22.7. The fourth-order valence-electron chi connectivity index (χ4n) is 3.50. The molecule has 1 aliphatic rings. The molecule has 0 aromatic heterocycles. The Balaban J connectivity index is 1.51. The van der Waals surface area contributed by atoms with Gasteiger partial charge in [-0.1, -0.05) is 26.7 Å². The number of rotatable bonds is 11. The van der Waals surface area contributed by atoms with E-state index >= 15 is 0 Å². The van der Waals surface area contributed by atoms with Gasteiger partial charge in [-0.2, -0.15) is 0 Å². The minimum atomic E-state index is -0.381. The Bertz CT molecular complexity index is 849. The molecule has 0 bridgehead atoms. The zero-order chi connectivity index (χ0) is 22.1. The van der Waals surface area contributed by atoms with Crippen molar-refractivity contribution in [2.75, 3.05) is 30.0 Å². The minimum Gasteiger partial charge on any atom is -0.494 e. The van der Waals surface area contributed by atoms with Gasteiger partial charge in [-0.25, -0.2) is 0 Å². The van der Waals surface area contributed by atoms with Crippen molar-refractivity contribution in [3.8, 4) is 11.5 Å². The average Bonchev–Trinajstić information content (AvgIpc) is 3.18. The van der Waals surface area contributed by atoms with Crippen LogP contribution in [0.15, 0.2) is 48.5 Å². The summed E-state index contributed by atoms with van der Waals surface area (Å²) in [6, 6.07) is 14.8. The van der Waals surface area contributed by atoms with E-state index in [1.807, 2.05) is 48.5 Å². The van der Waals surface area contributed by atoms with Crippen LogP contribution in [-0.2, 0) is 9.59 Å². The monoisotopic (exact) mass is 424 g/mol. The zero-order valence-electron chi connectivity index (χ0n) is 18.4. The number of hydrogen-bond acceptors (Lipinski definition) is 4. The predicted molar refractivity (Wildman–Crippen MR) is 123 cm³/mol. The second kappa shape index (κ2) is 11.4. The lowest BCUT2D eigenvalue weighted by atomic mass is 10.1. The maximum absolute atomic E-state index is 12.7. The summed E-state index contributed by atoms with van der Waals surface area (Å²) in [5.74, 6) is 1.01. The molecule has 6 nitrogen and oxygen atoms in total. The molecule has 1 fully saturated rings. The first-order valence-corrected chi connectivity index (χ1v) is 11.2. The Hall–Kier alpha value is -3.02. The summed E-state index contributed by atoms with van der Waals surface area (Å²) in [5.41, 5.74) is 1.49. The molecule has 1 saturated heterocycles. The van der Waals surface area contributed by atoms with Gasteiger partial charge < -0.3 is 19.7 Å². The minimum absolute atomic E-state index is 0.0433. The summed E-state index contributed by atoms with van der Waals surface area (Å²) < 4.78 is 11.3. The molecule has 0 radical (unpaired) electrons. The normalized spacial score (nSPS) is 15.7. The number of benzene rings is 2. The van der Waals surface area contributed by atoms with Crippen molar-refractivity contribution in [2.24, 2.45) is 5.92 Å². The Morgan fingerprint density at radius 1 is 0.935 bits per heavy atom. The van der Waals surface area contributed by atoms with Crippen molar-refractivity contribution in [3.63, 3.8) is 0 Å². The molecule has 31 heavy (non-hydrogen) atoms. The lowest BCUT2D eigenvalue weighted by molar-refractivity contribution is -0.122. The van der Waals surface area contributed by atoms with E-state index in [2.05, 4.69) is 19.2 Å². The third-order valence-corrected chi connectivity index (χ3v) is 5.26. The smallest absolute Gasteiger partial charge is 0.229 e. The Kier molecular flexibility index (Phi) is 8.33. The highest BCUT2D eigenvalue weighted by molar-refractivity contribution is 6.03. The van der Waals surface area contributed by atoms with Crippen LogP contribution in [0.4, 0.5) is 11.4 Å². The largest absolute Gasteiger partial charge is 0.494 e. The van der Waals surface area contributed by atoms with E-state index in [1.54, 1.807) is 4.90 Å². The molecule has 0 aliphatic carbocycles. The molecule has 1 atom stereocenters. The standard InChI is InChI=1S/C25H32N2O4/c1-3-5-6-16-31-22-11-7-20(8-12-22)26-25(29)19-17-24(28)27(18-19)21-9-13-23(14-10-21)30-15-4-2/h7-14,19H,3-6,15-18H2,1-2H3,(H,26,29)/t19-/m0/s1. The van der Waals surface area contributed by atoms with Gasteiger partial charge in [-0.05, 0) is 61.4 Å². The topological polar surface area (TPSA) is 67.9 Å². The highest BCUT2D eigenvalue weighted by Crippen LogP contribution is 2.28. The van der Waals surface area contributed by atoms with E-state index in [9.17, 15) is 9.59 Å². The van der Waals surface area contributed by atoms with Crippen molar-refractivity contribution >= 4 is 23.2 Å². The van der Waals surface area contributed by atoms with Crippen LogP contribution in [0.3, 0.4) is 0 Å². The van der Waals surface area contributed by atoms with E-state index in [-0.39, 0.29) is 24.2 Å². The molecule has 166 valence electrons. The molecule has 1 heterocycles. The Morgan fingerprint density at radius 2 is 1.58 bits per heavy atom. The van der Waals surface area contributed by atoms with Crippen LogP contribution < -0.4 is 19.7 Å². The van der Waals surface area contributed by atoms with Gasteiger partial charge in [0.05, 0.1) is 19.1 Å². The molecule has 1 aliphatic heterocycles. The first-order chi connectivity index (χ1) is 15.1. The number of amides is 2. The fourth-order valence-corrected chi connectivity index (χ4v) is 3.50. The third-order valence-electron chi connectivity index (χ3n) is 5.26. The van der Waals surface area contributed by atoms with Gasteiger partial charge in [0, 0.05) is 24.3 Å². The lowest BCUT2D eigenvalue weighted by Crippen LogP contribution is -2.28. The van der Waals surface area contributed by atoms with Gasteiger partial charge in [0.25, 0.3) is 0 Å². The first-order valence-electron chi connectivity index (χ1n) is 11.2. The number of ether oxygens (including phenoxy) is 2. The third kappa shape index (κ3) is 6.48. The van der Waals surface area contributed by atoms with Gasteiger partial charge in [-0.3, -0.25) is 9.59 Å². The zero-order valence-corrected chi connectivity index (χ0v) is 18.4. The van der Waals surface area contributed by atoms with Crippen molar-refractivity contribution < 1.29 is 19.1 Å². The van der Waals surface area contributed by atoms with Gasteiger partial charge in [0.15, 0.2) is 0 Å². The number of unbranched alkanes of at least 4 members (excludes halogenated alkanes) is 2. The number of nitrogens with zero attached hydrogens (tertiary/aromatic N) is 1. The molecule has 6 heteroatoms. The van der Waals surface area contributed by atoms with Crippen LogP contribution in [0.2, 0.25) is 0 Å². The van der Waals surface area contributed by atoms with Gasteiger partial charge in [0.2, 0.25) is 11.8 Å². The van der Waals surface area contributed by atoms with Crippen LogP contribution in [-0.4, -0.2) is 31.6 Å². The molecule has 2 aromatic rings. The molecule has 0 spiro atoms. The molecule has 0 unspecified atom stereocenters. The molecule has 1 N–H and O–H groups in total. The van der Waals surface area contributed by atoms with E-state index < -0.39 is 0 Å². The number of carbonyl (C=O) groups excluding carboxylic acids is 2. The highest BCUT2D eigenvalue weighted by Gasteiger charge is 2.35. The molecule has 2 aromatic carbocycles. The predicted octanol–water partition coefficient (Wildman–Crippen LogP) is 5.04. The number of carbonyl (C=O) groups is 2. The van der Waals surface area contributed by atoms with Crippen LogP contribution in [0.5, 0.6) is 11.5 Å². The molecule has 2 amide bonds. The van der Waals surface area contributed by atoms with Crippen LogP contribution >= 0.6 is 0 Å². The van der Waals surface area contributed by atoms with Crippen molar-refractivity contribution in [1.29, 1.82) is 0 Å². The van der Waals surface area contributed by atoms with Crippen molar-refractivity contribution in [3.05, 3.63) is 48.5 Å². The van der Waals surface area contributed by atoms with E-state index in [0.717, 1.165) is 42.9 Å². The van der Waals surface area contributed by atoms with Crippen molar-refractivity contribution in [1.82, 2.24) is 0 Å². The summed E-state index contributed by atoms with van der Waals surface area (Å²) in [5, 5.41) is 2.92. The molecular weight excluding hydrogens is 392 g/mol.